The van der Waals surface area contributed by atoms with E-state index < -0.39 is 5.60 Å². The summed E-state index contributed by atoms with van der Waals surface area (Å²) in [4.78, 5) is 0. The van der Waals surface area contributed by atoms with E-state index in [1.807, 2.05) is 42.5 Å². The lowest BCUT2D eigenvalue weighted by Gasteiger charge is -2.29. The van der Waals surface area contributed by atoms with Crippen molar-refractivity contribution >= 4 is 10.8 Å². The smallest absolute Gasteiger partial charge is 0.142 e. The van der Waals surface area contributed by atoms with Crippen LogP contribution in [0.4, 0.5) is 0 Å². The Labute approximate surface area is 175 Å². The summed E-state index contributed by atoms with van der Waals surface area (Å²) in [6, 6.07) is 39.5. The molecule has 1 aliphatic carbocycles. The minimum absolute atomic E-state index is 0.899. The Bertz CT molecular complexity index is 1400. The lowest BCUT2D eigenvalue weighted by molar-refractivity contribution is 0.131. The molecular weight excluding hydrogens is 364 g/mol. The van der Waals surface area contributed by atoms with Crippen LogP contribution in [0.25, 0.3) is 33.0 Å². The highest BCUT2D eigenvalue weighted by Gasteiger charge is 2.44. The van der Waals surface area contributed by atoms with E-state index in [9.17, 15) is 5.11 Å². The first kappa shape index (κ1) is 17.2. The summed E-state index contributed by atoms with van der Waals surface area (Å²) < 4.78 is 0. The molecule has 0 radical (unpaired) electrons. The molecule has 0 bridgehead atoms. The van der Waals surface area contributed by atoms with Gasteiger partial charge in [-0.1, -0.05) is 109 Å². The normalized spacial score (nSPS) is 17.0. The third-order valence-corrected chi connectivity index (χ3v) is 6.29. The van der Waals surface area contributed by atoms with Crippen molar-refractivity contribution in [3.63, 3.8) is 0 Å². The third-order valence-electron chi connectivity index (χ3n) is 6.29. The topological polar surface area (TPSA) is 20.2 Å². The minimum Gasteiger partial charge on any atom is -0.376 e. The van der Waals surface area contributed by atoms with Gasteiger partial charge in [-0.15, -0.1) is 0 Å². The molecule has 142 valence electrons. The third kappa shape index (κ3) is 2.33. The van der Waals surface area contributed by atoms with E-state index >= 15 is 0 Å². The van der Waals surface area contributed by atoms with Gasteiger partial charge in [0.2, 0.25) is 0 Å². The Kier molecular flexibility index (Phi) is 3.68. The predicted octanol–water partition coefficient (Wildman–Crippen LogP) is 6.77. The van der Waals surface area contributed by atoms with Crippen molar-refractivity contribution in [3.8, 4) is 22.3 Å². The van der Waals surface area contributed by atoms with E-state index in [1.54, 1.807) is 0 Å². The van der Waals surface area contributed by atoms with Gasteiger partial charge in [-0.2, -0.15) is 0 Å². The van der Waals surface area contributed by atoms with E-state index in [1.165, 1.54) is 5.39 Å². The molecular formula is C29H20O. The van der Waals surface area contributed by atoms with Crippen molar-refractivity contribution in [3.05, 3.63) is 132 Å². The first-order valence-corrected chi connectivity index (χ1v) is 10.3. The Morgan fingerprint density at radius 3 is 2.03 bits per heavy atom. The average Bonchev–Trinajstić information content (AvgIpc) is 3.09. The summed E-state index contributed by atoms with van der Waals surface area (Å²) in [6.07, 6.45) is 0. The van der Waals surface area contributed by atoms with Gasteiger partial charge in [-0.05, 0) is 44.7 Å². The van der Waals surface area contributed by atoms with Gasteiger partial charge in [0.25, 0.3) is 0 Å². The molecule has 0 saturated heterocycles. The van der Waals surface area contributed by atoms with E-state index in [4.69, 9.17) is 0 Å². The lowest BCUT2D eigenvalue weighted by Crippen LogP contribution is -2.27. The van der Waals surface area contributed by atoms with Crippen LogP contribution in [0.2, 0.25) is 0 Å². The quantitative estimate of drug-likeness (QED) is 0.356. The maximum absolute atomic E-state index is 12.5. The number of hydrogen-bond acceptors (Lipinski definition) is 1. The zero-order valence-electron chi connectivity index (χ0n) is 16.4. The minimum atomic E-state index is -1.21. The van der Waals surface area contributed by atoms with Crippen LogP contribution in [-0.2, 0) is 5.60 Å². The number of fused-ring (bicyclic) bond motifs is 4. The molecule has 6 rings (SSSR count). The highest BCUT2D eigenvalue weighted by molar-refractivity contribution is 5.91. The molecule has 1 aliphatic rings. The van der Waals surface area contributed by atoms with Gasteiger partial charge < -0.3 is 5.11 Å². The molecule has 0 aliphatic heterocycles. The van der Waals surface area contributed by atoms with Gasteiger partial charge in [0, 0.05) is 11.1 Å². The molecule has 5 aromatic rings. The number of aliphatic hydroxyl groups is 1. The Hall–Kier alpha value is -3.68. The lowest BCUT2D eigenvalue weighted by atomic mass is 9.80. The Morgan fingerprint density at radius 2 is 1.17 bits per heavy atom. The van der Waals surface area contributed by atoms with E-state index in [0.717, 1.165) is 44.3 Å². The van der Waals surface area contributed by atoms with Crippen LogP contribution in [0.5, 0.6) is 0 Å². The predicted molar refractivity (Wildman–Crippen MR) is 123 cm³/mol. The number of benzene rings is 5. The molecule has 0 aromatic heterocycles. The maximum atomic E-state index is 12.5. The molecule has 1 unspecified atom stereocenters. The highest BCUT2D eigenvalue weighted by Crippen LogP contribution is 2.54. The SMILES string of the molecule is OC1(c2ccc3ccccc3c2)c2ccccc2-c2cccc(-c3ccccc3)c21. The van der Waals surface area contributed by atoms with Crippen LogP contribution in [0, 0.1) is 0 Å². The first-order chi connectivity index (χ1) is 14.8. The zero-order valence-corrected chi connectivity index (χ0v) is 16.4. The Morgan fingerprint density at radius 1 is 0.500 bits per heavy atom. The second-order valence-corrected chi connectivity index (χ2v) is 7.91. The molecule has 0 spiro atoms. The standard InChI is InChI=1S/C29H20O/c30-29(23-18-17-20-9-4-5-12-22(20)19-23)27-16-7-6-13-25(27)26-15-8-14-24(28(26)29)21-10-2-1-3-11-21/h1-19,30H. The molecule has 5 aromatic carbocycles. The molecule has 1 atom stereocenters. The maximum Gasteiger partial charge on any atom is 0.142 e. The summed E-state index contributed by atoms with van der Waals surface area (Å²) >= 11 is 0. The second-order valence-electron chi connectivity index (χ2n) is 7.91. The molecule has 0 fully saturated rings. The summed E-state index contributed by atoms with van der Waals surface area (Å²) in [5, 5.41) is 14.8. The van der Waals surface area contributed by atoms with Crippen LogP contribution in [0.1, 0.15) is 16.7 Å². The van der Waals surface area contributed by atoms with Gasteiger partial charge in [-0.25, -0.2) is 0 Å². The van der Waals surface area contributed by atoms with Gasteiger partial charge in [0.05, 0.1) is 0 Å². The number of rotatable bonds is 2. The monoisotopic (exact) mass is 384 g/mol. The van der Waals surface area contributed by atoms with Crippen molar-refractivity contribution in [2.45, 2.75) is 5.60 Å². The molecule has 0 amide bonds. The van der Waals surface area contributed by atoms with Crippen molar-refractivity contribution < 1.29 is 5.11 Å². The van der Waals surface area contributed by atoms with Crippen LogP contribution in [0.3, 0.4) is 0 Å². The van der Waals surface area contributed by atoms with Crippen molar-refractivity contribution in [1.29, 1.82) is 0 Å². The van der Waals surface area contributed by atoms with Crippen LogP contribution in [0.15, 0.2) is 115 Å². The molecule has 0 heterocycles. The molecule has 1 nitrogen and oxygen atoms in total. The van der Waals surface area contributed by atoms with Crippen molar-refractivity contribution in [2.75, 3.05) is 0 Å². The molecule has 0 saturated carbocycles. The van der Waals surface area contributed by atoms with Crippen LogP contribution >= 0.6 is 0 Å². The molecule has 1 N–H and O–H groups in total. The fourth-order valence-electron chi connectivity index (χ4n) is 4.91. The summed E-state index contributed by atoms with van der Waals surface area (Å²) in [7, 11) is 0. The van der Waals surface area contributed by atoms with Gasteiger partial charge in [0.1, 0.15) is 5.60 Å². The van der Waals surface area contributed by atoms with E-state index in [0.29, 0.717) is 0 Å². The van der Waals surface area contributed by atoms with Crippen molar-refractivity contribution in [2.24, 2.45) is 0 Å². The van der Waals surface area contributed by atoms with E-state index in [-0.39, 0.29) is 0 Å². The van der Waals surface area contributed by atoms with Gasteiger partial charge in [0.15, 0.2) is 0 Å². The van der Waals surface area contributed by atoms with Crippen molar-refractivity contribution in [1.82, 2.24) is 0 Å². The second kappa shape index (κ2) is 6.41. The highest BCUT2D eigenvalue weighted by atomic mass is 16.3. The molecule has 1 heteroatoms. The largest absolute Gasteiger partial charge is 0.376 e. The first-order valence-electron chi connectivity index (χ1n) is 10.3. The summed E-state index contributed by atoms with van der Waals surface area (Å²) in [5.41, 5.74) is 5.98. The molecule has 30 heavy (non-hydrogen) atoms. The zero-order chi connectivity index (χ0) is 20.1. The van der Waals surface area contributed by atoms with E-state index in [2.05, 4.69) is 72.8 Å². The summed E-state index contributed by atoms with van der Waals surface area (Å²) in [6.45, 7) is 0. The van der Waals surface area contributed by atoms with Crippen LogP contribution < -0.4 is 0 Å². The Balaban J connectivity index is 1.71. The van der Waals surface area contributed by atoms with Gasteiger partial charge in [-0.3, -0.25) is 0 Å². The fourth-order valence-corrected chi connectivity index (χ4v) is 4.91. The summed E-state index contributed by atoms with van der Waals surface area (Å²) in [5.74, 6) is 0. The average molecular weight is 384 g/mol. The fraction of sp³-hybridized carbons (Fsp3) is 0.0345. The number of hydrogen-bond donors (Lipinski definition) is 1. The van der Waals surface area contributed by atoms with Crippen LogP contribution in [-0.4, -0.2) is 5.11 Å². The van der Waals surface area contributed by atoms with Gasteiger partial charge >= 0.3 is 0 Å².